The predicted octanol–water partition coefficient (Wildman–Crippen LogP) is 2.15. The Morgan fingerprint density at radius 1 is 0.969 bits per heavy atom. The smallest absolute Gasteiger partial charge is 0.309 e. The minimum absolute atomic E-state index is 0.0315. The summed E-state index contributed by atoms with van der Waals surface area (Å²) in [6.07, 6.45) is 0.0315. The second kappa shape index (κ2) is 10.6. The lowest BCUT2D eigenvalue weighted by Crippen LogP contribution is -2.51. The molecule has 9 heteroatoms. The van der Waals surface area contributed by atoms with Crippen LogP contribution in [0, 0.1) is 13.8 Å². The molecule has 0 aliphatic carbocycles. The molecule has 8 nitrogen and oxygen atoms in total. The summed E-state index contributed by atoms with van der Waals surface area (Å²) in [7, 11) is -3.58. The predicted molar refractivity (Wildman–Crippen MR) is 119 cm³/mol. The highest BCUT2D eigenvalue weighted by Crippen LogP contribution is 2.19. The van der Waals surface area contributed by atoms with Crippen molar-refractivity contribution >= 4 is 21.9 Å². The standard InChI is InChI=1S/C23H28N2O6S/c1-18-8-9-19(2)21(16-18)30-15-10-23(27)31-17-22(26)24-11-13-25(14-12-24)32(28,29)20-6-4-3-5-7-20/h3-9,16H,10-15,17H2,1-2H3. The van der Waals surface area contributed by atoms with Crippen LogP contribution in [0.3, 0.4) is 0 Å². The first kappa shape index (κ1) is 23.7. The van der Waals surface area contributed by atoms with Gasteiger partial charge in [-0.3, -0.25) is 9.59 Å². The van der Waals surface area contributed by atoms with E-state index in [1.807, 2.05) is 32.0 Å². The second-order valence-corrected chi connectivity index (χ2v) is 9.56. The van der Waals surface area contributed by atoms with E-state index in [2.05, 4.69) is 0 Å². The number of sulfonamides is 1. The van der Waals surface area contributed by atoms with E-state index >= 15 is 0 Å². The third kappa shape index (κ3) is 6.08. The van der Waals surface area contributed by atoms with Crippen LogP contribution in [-0.4, -0.2) is 68.9 Å². The molecule has 0 N–H and O–H groups in total. The van der Waals surface area contributed by atoms with Crippen molar-refractivity contribution in [2.45, 2.75) is 25.2 Å². The third-order valence-corrected chi connectivity index (χ3v) is 7.15. The van der Waals surface area contributed by atoms with Gasteiger partial charge >= 0.3 is 5.97 Å². The summed E-state index contributed by atoms with van der Waals surface area (Å²) in [6.45, 7) is 4.57. The van der Waals surface area contributed by atoms with Crippen LogP contribution in [-0.2, 0) is 24.3 Å². The maximum absolute atomic E-state index is 12.7. The van der Waals surface area contributed by atoms with Gasteiger partial charge in [-0.15, -0.1) is 0 Å². The fraction of sp³-hybridized carbons (Fsp3) is 0.391. The van der Waals surface area contributed by atoms with Crippen molar-refractivity contribution < 1.29 is 27.5 Å². The molecular weight excluding hydrogens is 432 g/mol. The van der Waals surface area contributed by atoms with E-state index in [1.54, 1.807) is 30.3 Å². The van der Waals surface area contributed by atoms with Crippen molar-refractivity contribution in [3.8, 4) is 5.75 Å². The number of amides is 1. The molecule has 1 saturated heterocycles. The van der Waals surface area contributed by atoms with E-state index in [0.29, 0.717) is 0 Å². The molecule has 0 saturated carbocycles. The zero-order chi connectivity index (χ0) is 23.1. The van der Waals surface area contributed by atoms with Gasteiger partial charge < -0.3 is 14.4 Å². The van der Waals surface area contributed by atoms with Gasteiger partial charge in [0.25, 0.3) is 5.91 Å². The number of carbonyl (C=O) groups is 2. The molecule has 0 spiro atoms. The van der Waals surface area contributed by atoms with Gasteiger partial charge in [0.15, 0.2) is 6.61 Å². The minimum atomic E-state index is -3.58. The van der Waals surface area contributed by atoms with Crippen molar-refractivity contribution in [3.63, 3.8) is 0 Å². The van der Waals surface area contributed by atoms with E-state index in [-0.39, 0.29) is 56.6 Å². The van der Waals surface area contributed by atoms with Crippen molar-refractivity contribution in [1.82, 2.24) is 9.21 Å². The first-order valence-corrected chi connectivity index (χ1v) is 11.9. The Bertz CT molecular complexity index is 1050. The zero-order valence-electron chi connectivity index (χ0n) is 18.3. The molecule has 0 unspecified atom stereocenters. The van der Waals surface area contributed by atoms with Crippen LogP contribution in [0.4, 0.5) is 0 Å². The number of aryl methyl sites for hydroxylation is 2. The van der Waals surface area contributed by atoms with Crippen molar-refractivity contribution in [3.05, 3.63) is 59.7 Å². The molecule has 2 aromatic carbocycles. The Morgan fingerprint density at radius 3 is 2.34 bits per heavy atom. The molecule has 1 fully saturated rings. The van der Waals surface area contributed by atoms with E-state index in [4.69, 9.17) is 9.47 Å². The van der Waals surface area contributed by atoms with Gasteiger partial charge in [0, 0.05) is 26.2 Å². The molecule has 2 aromatic rings. The topological polar surface area (TPSA) is 93.2 Å². The summed E-state index contributed by atoms with van der Waals surface area (Å²) < 4.78 is 37.4. The Morgan fingerprint density at radius 2 is 1.66 bits per heavy atom. The van der Waals surface area contributed by atoms with Crippen molar-refractivity contribution in [2.24, 2.45) is 0 Å². The highest BCUT2D eigenvalue weighted by molar-refractivity contribution is 7.89. The summed E-state index contributed by atoms with van der Waals surface area (Å²) in [4.78, 5) is 26.1. The maximum Gasteiger partial charge on any atom is 0.309 e. The number of nitrogens with zero attached hydrogens (tertiary/aromatic N) is 2. The summed E-state index contributed by atoms with van der Waals surface area (Å²) in [5, 5.41) is 0. The number of ether oxygens (including phenoxy) is 2. The molecule has 0 aromatic heterocycles. The highest BCUT2D eigenvalue weighted by Gasteiger charge is 2.30. The quantitative estimate of drug-likeness (QED) is 0.561. The Balaban J connectivity index is 1.39. The summed E-state index contributed by atoms with van der Waals surface area (Å²) in [5.74, 6) is -0.142. The number of hydrogen-bond acceptors (Lipinski definition) is 6. The monoisotopic (exact) mass is 460 g/mol. The third-order valence-electron chi connectivity index (χ3n) is 5.24. The Labute approximate surface area is 188 Å². The average molecular weight is 461 g/mol. The molecule has 1 aliphatic heterocycles. The summed E-state index contributed by atoms with van der Waals surface area (Å²) in [6, 6.07) is 14.1. The second-order valence-electron chi connectivity index (χ2n) is 7.63. The van der Waals surface area contributed by atoms with Crippen LogP contribution in [0.1, 0.15) is 17.5 Å². The van der Waals surface area contributed by atoms with Gasteiger partial charge in [-0.2, -0.15) is 4.31 Å². The number of esters is 1. The average Bonchev–Trinajstić information content (AvgIpc) is 2.80. The zero-order valence-corrected chi connectivity index (χ0v) is 19.1. The minimum Gasteiger partial charge on any atom is -0.493 e. The molecule has 1 aliphatic rings. The van der Waals surface area contributed by atoms with Crippen LogP contribution in [0.25, 0.3) is 0 Å². The van der Waals surface area contributed by atoms with Gasteiger partial charge in [0.1, 0.15) is 5.75 Å². The molecule has 3 rings (SSSR count). The number of rotatable bonds is 8. The SMILES string of the molecule is Cc1ccc(C)c(OCCC(=O)OCC(=O)N2CCN(S(=O)(=O)c3ccccc3)CC2)c1. The van der Waals surface area contributed by atoms with Crippen molar-refractivity contribution in [2.75, 3.05) is 39.4 Å². The molecule has 1 amide bonds. The summed E-state index contributed by atoms with van der Waals surface area (Å²) in [5.41, 5.74) is 2.04. The van der Waals surface area contributed by atoms with Gasteiger partial charge in [-0.1, -0.05) is 30.3 Å². The van der Waals surface area contributed by atoms with Gasteiger partial charge in [-0.25, -0.2) is 8.42 Å². The van der Waals surface area contributed by atoms with E-state index in [1.165, 1.54) is 9.21 Å². The molecular formula is C23H28N2O6S. The van der Waals surface area contributed by atoms with Crippen LogP contribution >= 0.6 is 0 Å². The van der Waals surface area contributed by atoms with Crippen molar-refractivity contribution in [1.29, 1.82) is 0 Å². The molecule has 172 valence electrons. The largest absolute Gasteiger partial charge is 0.493 e. The fourth-order valence-corrected chi connectivity index (χ4v) is 4.78. The molecule has 1 heterocycles. The Kier molecular flexibility index (Phi) is 7.87. The molecule has 0 bridgehead atoms. The van der Waals surface area contributed by atoms with Crippen LogP contribution in [0.2, 0.25) is 0 Å². The van der Waals surface area contributed by atoms with Gasteiger partial charge in [0.2, 0.25) is 10.0 Å². The highest BCUT2D eigenvalue weighted by atomic mass is 32.2. The maximum atomic E-state index is 12.7. The first-order chi connectivity index (χ1) is 15.3. The van der Waals surface area contributed by atoms with Gasteiger partial charge in [0.05, 0.1) is 17.9 Å². The lowest BCUT2D eigenvalue weighted by atomic mass is 10.1. The molecule has 32 heavy (non-hydrogen) atoms. The summed E-state index contributed by atoms with van der Waals surface area (Å²) >= 11 is 0. The van der Waals surface area contributed by atoms with E-state index < -0.39 is 16.0 Å². The molecule has 0 radical (unpaired) electrons. The Hall–Kier alpha value is -2.91. The molecule has 0 atom stereocenters. The first-order valence-electron chi connectivity index (χ1n) is 10.5. The van der Waals surface area contributed by atoms with E-state index in [9.17, 15) is 18.0 Å². The number of piperazine rings is 1. The van der Waals surface area contributed by atoms with Crippen LogP contribution in [0.15, 0.2) is 53.4 Å². The number of benzene rings is 2. The fourth-order valence-electron chi connectivity index (χ4n) is 3.33. The van der Waals surface area contributed by atoms with Crippen LogP contribution in [0.5, 0.6) is 5.75 Å². The number of carbonyl (C=O) groups excluding carboxylic acids is 2. The number of hydrogen-bond donors (Lipinski definition) is 0. The normalized spacial score (nSPS) is 14.8. The lowest BCUT2D eigenvalue weighted by molar-refractivity contribution is -0.152. The lowest BCUT2D eigenvalue weighted by Gasteiger charge is -2.33. The van der Waals surface area contributed by atoms with Crippen LogP contribution < -0.4 is 4.74 Å². The van der Waals surface area contributed by atoms with Gasteiger partial charge in [-0.05, 0) is 43.2 Å². The van der Waals surface area contributed by atoms with E-state index in [0.717, 1.165) is 16.9 Å².